The Hall–Kier alpha value is -1.85. The van der Waals surface area contributed by atoms with Crippen molar-refractivity contribution in [2.75, 3.05) is 0 Å². The molecule has 0 spiro atoms. The molecule has 0 aliphatic rings. The van der Waals surface area contributed by atoms with Gasteiger partial charge in [-0.3, -0.25) is 5.10 Å². The summed E-state index contributed by atoms with van der Waals surface area (Å²) >= 11 is 0. The fourth-order valence-corrected chi connectivity index (χ4v) is 1.62. The second kappa shape index (κ2) is 4.80. The predicted octanol–water partition coefficient (Wildman–Crippen LogP) is 2.98. The highest BCUT2D eigenvalue weighted by Gasteiger charge is 2.30. The summed E-state index contributed by atoms with van der Waals surface area (Å²) in [5, 5.41) is 6.66. The van der Waals surface area contributed by atoms with Gasteiger partial charge in [0.15, 0.2) is 0 Å². The summed E-state index contributed by atoms with van der Waals surface area (Å²) in [7, 11) is 0. The number of H-pyrrole nitrogens is 1. The third-order valence-electron chi connectivity index (χ3n) is 2.52. The third kappa shape index (κ3) is 2.88. The highest BCUT2D eigenvalue weighted by molar-refractivity contribution is 5.27. The molecule has 0 atom stereocenters. The maximum atomic E-state index is 12.5. The molecular formula is C12H12F3N3. The van der Waals surface area contributed by atoms with Crippen LogP contribution < -0.4 is 0 Å². The summed E-state index contributed by atoms with van der Waals surface area (Å²) in [4.78, 5) is 4.17. The van der Waals surface area contributed by atoms with Gasteiger partial charge in [0.25, 0.3) is 0 Å². The summed E-state index contributed by atoms with van der Waals surface area (Å²) in [6, 6.07) is 5.23. The first-order chi connectivity index (χ1) is 8.49. The molecule has 0 radical (unpaired) electrons. The molecule has 0 unspecified atom stereocenters. The largest absolute Gasteiger partial charge is 0.416 e. The molecule has 1 aromatic heterocycles. The van der Waals surface area contributed by atoms with Crippen LogP contribution in [0.2, 0.25) is 0 Å². The normalized spacial score (nSPS) is 11.8. The summed E-state index contributed by atoms with van der Waals surface area (Å²) < 4.78 is 37.6. The Morgan fingerprint density at radius 2 is 2.06 bits per heavy atom. The molecule has 96 valence electrons. The van der Waals surface area contributed by atoms with Gasteiger partial charge < -0.3 is 0 Å². The Balaban J connectivity index is 2.19. The lowest BCUT2D eigenvalue weighted by Gasteiger charge is -2.07. The average Bonchev–Trinajstić information content (AvgIpc) is 2.76. The van der Waals surface area contributed by atoms with Crippen LogP contribution in [0.1, 0.15) is 29.7 Å². The van der Waals surface area contributed by atoms with E-state index >= 15 is 0 Å². The number of halogens is 3. The van der Waals surface area contributed by atoms with E-state index in [1.54, 1.807) is 6.07 Å². The molecular weight excluding hydrogens is 243 g/mol. The van der Waals surface area contributed by atoms with E-state index in [1.807, 2.05) is 6.92 Å². The van der Waals surface area contributed by atoms with Gasteiger partial charge in [0.05, 0.1) is 5.56 Å². The number of benzene rings is 1. The number of rotatable bonds is 3. The highest BCUT2D eigenvalue weighted by atomic mass is 19.4. The molecule has 3 nitrogen and oxygen atoms in total. The third-order valence-corrected chi connectivity index (χ3v) is 2.52. The number of nitrogens with one attached hydrogen (secondary N) is 1. The predicted molar refractivity (Wildman–Crippen MR) is 60.0 cm³/mol. The Kier molecular flexibility index (Phi) is 3.36. The Morgan fingerprint density at radius 1 is 1.28 bits per heavy atom. The number of nitrogens with zero attached hydrogens (tertiary/aromatic N) is 2. The zero-order valence-electron chi connectivity index (χ0n) is 9.75. The minimum atomic E-state index is -4.31. The minimum Gasteiger partial charge on any atom is -0.263 e. The van der Waals surface area contributed by atoms with Crippen LogP contribution in [0.5, 0.6) is 0 Å². The highest BCUT2D eigenvalue weighted by Crippen LogP contribution is 2.29. The molecule has 0 fully saturated rings. The number of hydrogen-bond donors (Lipinski definition) is 1. The Labute approximate surface area is 102 Å². The molecule has 0 aliphatic carbocycles. The maximum Gasteiger partial charge on any atom is 0.416 e. The quantitative estimate of drug-likeness (QED) is 0.916. The smallest absolute Gasteiger partial charge is 0.263 e. The van der Waals surface area contributed by atoms with Crippen molar-refractivity contribution in [3.05, 3.63) is 47.0 Å². The van der Waals surface area contributed by atoms with Crippen LogP contribution in [0.4, 0.5) is 13.2 Å². The van der Waals surface area contributed by atoms with Crippen molar-refractivity contribution in [1.82, 2.24) is 15.2 Å². The van der Waals surface area contributed by atoms with E-state index in [0.29, 0.717) is 30.1 Å². The van der Waals surface area contributed by atoms with Crippen molar-refractivity contribution in [1.29, 1.82) is 0 Å². The molecule has 1 N–H and O–H groups in total. The van der Waals surface area contributed by atoms with Crippen LogP contribution >= 0.6 is 0 Å². The molecule has 2 aromatic rings. The fourth-order valence-electron chi connectivity index (χ4n) is 1.62. The zero-order valence-corrected chi connectivity index (χ0v) is 9.75. The lowest BCUT2D eigenvalue weighted by atomic mass is 10.1. The number of hydrogen-bond acceptors (Lipinski definition) is 2. The zero-order chi connectivity index (χ0) is 13.2. The van der Waals surface area contributed by atoms with E-state index in [2.05, 4.69) is 15.2 Å². The summed E-state index contributed by atoms with van der Waals surface area (Å²) in [5.74, 6) is 1.24. The van der Waals surface area contributed by atoms with Gasteiger partial charge in [-0.2, -0.15) is 18.3 Å². The summed E-state index contributed by atoms with van der Waals surface area (Å²) in [6.07, 6.45) is -3.30. The van der Waals surface area contributed by atoms with E-state index in [9.17, 15) is 13.2 Å². The molecule has 1 aromatic carbocycles. The molecule has 1 heterocycles. The van der Waals surface area contributed by atoms with Crippen molar-refractivity contribution >= 4 is 0 Å². The van der Waals surface area contributed by atoms with E-state index in [-0.39, 0.29) is 0 Å². The SMILES string of the molecule is CCc1n[nH]c(Cc2cccc(C(F)(F)F)c2)n1. The van der Waals surface area contributed by atoms with Gasteiger partial charge in [-0.1, -0.05) is 25.1 Å². The molecule has 6 heteroatoms. The Morgan fingerprint density at radius 3 is 2.67 bits per heavy atom. The monoisotopic (exact) mass is 255 g/mol. The van der Waals surface area contributed by atoms with Crippen molar-refractivity contribution in [2.45, 2.75) is 25.9 Å². The van der Waals surface area contributed by atoms with Crippen LogP contribution in [0, 0.1) is 0 Å². The molecule has 2 rings (SSSR count). The molecule has 0 amide bonds. The van der Waals surface area contributed by atoms with Crippen LogP contribution in [-0.4, -0.2) is 15.2 Å². The lowest BCUT2D eigenvalue weighted by molar-refractivity contribution is -0.137. The fraction of sp³-hybridized carbons (Fsp3) is 0.333. The number of aromatic amines is 1. The standard InChI is InChI=1S/C12H12F3N3/c1-2-10-16-11(18-17-10)7-8-4-3-5-9(6-8)12(13,14)15/h3-6H,2,7H2,1H3,(H,16,17,18). The van der Waals surface area contributed by atoms with Crippen LogP contribution in [0.15, 0.2) is 24.3 Å². The first-order valence-corrected chi connectivity index (χ1v) is 5.55. The van der Waals surface area contributed by atoms with Gasteiger partial charge in [0, 0.05) is 12.8 Å². The van der Waals surface area contributed by atoms with E-state index < -0.39 is 11.7 Å². The molecule has 0 bridgehead atoms. The van der Waals surface area contributed by atoms with Crippen molar-refractivity contribution in [3.63, 3.8) is 0 Å². The number of aromatic nitrogens is 3. The maximum absolute atomic E-state index is 12.5. The molecule has 0 saturated heterocycles. The Bertz CT molecular complexity index is 531. The topological polar surface area (TPSA) is 41.6 Å². The molecule has 0 aliphatic heterocycles. The van der Waals surface area contributed by atoms with Gasteiger partial charge in [-0.15, -0.1) is 0 Å². The van der Waals surface area contributed by atoms with E-state index in [4.69, 9.17) is 0 Å². The number of alkyl halides is 3. The molecule has 18 heavy (non-hydrogen) atoms. The van der Waals surface area contributed by atoms with Gasteiger partial charge >= 0.3 is 6.18 Å². The average molecular weight is 255 g/mol. The molecule has 0 saturated carbocycles. The second-order valence-corrected chi connectivity index (χ2v) is 3.93. The summed E-state index contributed by atoms with van der Waals surface area (Å²) in [5.41, 5.74) is -0.0844. The van der Waals surface area contributed by atoms with E-state index in [0.717, 1.165) is 12.1 Å². The summed E-state index contributed by atoms with van der Waals surface area (Å²) in [6.45, 7) is 1.91. The van der Waals surface area contributed by atoms with Gasteiger partial charge in [0.2, 0.25) is 0 Å². The van der Waals surface area contributed by atoms with Crippen molar-refractivity contribution in [2.24, 2.45) is 0 Å². The van der Waals surface area contributed by atoms with Gasteiger partial charge in [-0.25, -0.2) is 4.98 Å². The van der Waals surface area contributed by atoms with Crippen molar-refractivity contribution in [3.8, 4) is 0 Å². The van der Waals surface area contributed by atoms with E-state index in [1.165, 1.54) is 6.07 Å². The first kappa shape index (κ1) is 12.6. The first-order valence-electron chi connectivity index (χ1n) is 5.55. The van der Waals surface area contributed by atoms with Crippen molar-refractivity contribution < 1.29 is 13.2 Å². The van der Waals surface area contributed by atoms with Crippen LogP contribution in [0.25, 0.3) is 0 Å². The van der Waals surface area contributed by atoms with Crippen LogP contribution in [0.3, 0.4) is 0 Å². The van der Waals surface area contributed by atoms with Gasteiger partial charge in [0.1, 0.15) is 11.6 Å². The second-order valence-electron chi connectivity index (χ2n) is 3.93. The number of aryl methyl sites for hydroxylation is 1. The lowest BCUT2D eigenvalue weighted by Crippen LogP contribution is -2.05. The minimum absolute atomic E-state index is 0.316. The van der Waals surface area contributed by atoms with Gasteiger partial charge in [-0.05, 0) is 11.6 Å². The van der Waals surface area contributed by atoms with Crippen LogP contribution in [-0.2, 0) is 19.0 Å².